The minimum absolute atomic E-state index is 0.0394. The number of hydrogen-bond donors (Lipinski definition) is 2. The van der Waals surface area contributed by atoms with Crippen LogP contribution in [0.2, 0.25) is 0 Å². The standard InChI is InChI=1S/C11H13F2NO2/c1-7-3-2-4-8(5-7)11(6-14,9(12)13)10(15)16/h2-5,9H,6,14H2,1H3,(H,15,16). The van der Waals surface area contributed by atoms with Crippen LogP contribution in [0.1, 0.15) is 11.1 Å². The second-order valence-corrected chi connectivity index (χ2v) is 3.65. The van der Waals surface area contributed by atoms with E-state index in [2.05, 4.69) is 0 Å². The molecule has 0 aliphatic heterocycles. The quantitative estimate of drug-likeness (QED) is 0.823. The monoisotopic (exact) mass is 229 g/mol. The van der Waals surface area contributed by atoms with Crippen LogP contribution >= 0.6 is 0 Å². The molecule has 0 radical (unpaired) electrons. The Kier molecular flexibility index (Phi) is 3.59. The summed E-state index contributed by atoms with van der Waals surface area (Å²) in [7, 11) is 0. The molecule has 0 saturated carbocycles. The van der Waals surface area contributed by atoms with Crippen LogP contribution in [0.4, 0.5) is 8.78 Å². The maximum absolute atomic E-state index is 13.0. The molecule has 0 spiro atoms. The number of aliphatic carboxylic acids is 1. The van der Waals surface area contributed by atoms with Crippen molar-refractivity contribution in [3.8, 4) is 0 Å². The SMILES string of the molecule is Cc1cccc(C(CN)(C(=O)O)C(F)F)c1. The Balaban J connectivity index is 3.36. The van der Waals surface area contributed by atoms with Crippen molar-refractivity contribution >= 4 is 5.97 Å². The number of nitrogens with two attached hydrogens (primary N) is 1. The highest BCUT2D eigenvalue weighted by Crippen LogP contribution is 2.31. The molecule has 1 aromatic carbocycles. The van der Waals surface area contributed by atoms with Crippen molar-refractivity contribution < 1.29 is 18.7 Å². The highest BCUT2D eigenvalue weighted by Gasteiger charge is 2.48. The lowest BCUT2D eigenvalue weighted by atomic mass is 9.80. The molecule has 0 saturated heterocycles. The highest BCUT2D eigenvalue weighted by molar-refractivity contribution is 5.82. The predicted molar refractivity (Wildman–Crippen MR) is 55.6 cm³/mol. The van der Waals surface area contributed by atoms with E-state index in [1.165, 1.54) is 12.1 Å². The lowest BCUT2D eigenvalue weighted by Gasteiger charge is -2.27. The van der Waals surface area contributed by atoms with Crippen LogP contribution in [0.15, 0.2) is 24.3 Å². The topological polar surface area (TPSA) is 63.3 Å². The maximum Gasteiger partial charge on any atom is 0.321 e. The van der Waals surface area contributed by atoms with Crippen molar-refractivity contribution in [1.82, 2.24) is 0 Å². The normalized spacial score (nSPS) is 14.8. The summed E-state index contributed by atoms with van der Waals surface area (Å²) in [6.07, 6.45) is -3.04. The molecule has 0 amide bonds. The Morgan fingerprint density at radius 1 is 1.56 bits per heavy atom. The van der Waals surface area contributed by atoms with Gasteiger partial charge in [0.15, 0.2) is 5.41 Å². The zero-order valence-corrected chi connectivity index (χ0v) is 8.78. The van der Waals surface area contributed by atoms with E-state index in [1.807, 2.05) is 0 Å². The van der Waals surface area contributed by atoms with Crippen LogP contribution < -0.4 is 5.73 Å². The van der Waals surface area contributed by atoms with Crippen molar-refractivity contribution in [3.05, 3.63) is 35.4 Å². The molecule has 5 heteroatoms. The first-order valence-corrected chi connectivity index (χ1v) is 4.74. The first-order chi connectivity index (χ1) is 7.45. The van der Waals surface area contributed by atoms with Crippen LogP contribution in [-0.2, 0) is 10.2 Å². The van der Waals surface area contributed by atoms with Crippen LogP contribution in [0.25, 0.3) is 0 Å². The molecule has 0 aliphatic rings. The van der Waals surface area contributed by atoms with Gasteiger partial charge in [-0.25, -0.2) is 8.78 Å². The minimum atomic E-state index is -3.04. The first kappa shape index (κ1) is 12.6. The van der Waals surface area contributed by atoms with Gasteiger partial charge in [0.1, 0.15) is 0 Å². The maximum atomic E-state index is 13.0. The van der Waals surface area contributed by atoms with Gasteiger partial charge in [-0.2, -0.15) is 0 Å². The summed E-state index contributed by atoms with van der Waals surface area (Å²) in [6.45, 7) is 1.07. The van der Waals surface area contributed by atoms with Crippen molar-refractivity contribution in [2.75, 3.05) is 6.54 Å². The van der Waals surface area contributed by atoms with Gasteiger partial charge < -0.3 is 10.8 Å². The fourth-order valence-electron chi connectivity index (χ4n) is 1.56. The zero-order chi connectivity index (χ0) is 12.3. The van der Waals surface area contributed by atoms with E-state index < -0.39 is 24.4 Å². The summed E-state index contributed by atoms with van der Waals surface area (Å²) in [6, 6.07) is 6.03. The van der Waals surface area contributed by atoms with E-state index in [4.69, 9.17) is 10.8 Å². The number of rotatable bonds is 4. The molecule has 3 N–H and O–H groups in total. The van der Waals surface area contributed by atoms with E-state index in [0.29, 0.717) is 0 Å². The molecule has 3 nitrogen and oxygen atoms in total. The molecular formula is C11H13F2NO2. The average molecular weight is 229 g/mol. The summed E-state index contributed by atoms with van der Waals surface area (Å²) in [5, 5.41) is 8.98. The molecule has 1 aromatic rings. The number of carboxylic acids is 1. The number of halogens is 2. The minimum Gasteiger partial charge on any atom is -0.480 e. The number of alkyl halides is 2. The third kappa shape index (κ3) is 1.90. The lowest BCUT2D eigenvalue weighted by molar-refractivity contribution is -0.149. The van der Waals surface area contributed by atoms with Gasteiger partial charge in [-0.3, -0.25) is 4.79 Å². The van der Waals surface area contributed by atoms with E-state index in [9.17, 15) is 13.6 Å². The smallest absolute Gasteiger partial charge is 0.321 e. The van der Waals surface area contributed by atoms with Crippen molar-refractivity contribution in [1.29, 1.82) is 0 Å². The van der Waals surface area contributed by atoms with Crippen LogP contribution in [0, 0.1) is 6.92 Å². The Bertz CT molecular complexity index is 395. The van der Waals surface area contributed by atoms with Gasteiger partial charge >= 0.3 is 5.97 Å². The van der Waals surface area contributed by atoms with Crippen LogP contribution in [0.3, 0.4) is 0 Å². The van der Waals surface area contributed by atoms with Gasteiger partial charge in [-0.05, 0) is 12.5 Å². The second-order valence-electron chi connectivity index (χ2n) is 3.65. The third-order valence-corrected chi connectivity index (χ3v) is 2.61. The summed E-state index contributed by atoms with van der Waals surface area (Å²) in [5.41, 5.74) is 3.68. The zero-order valence-electron chi connectivity index (χ0n) is 8.78. The lowest BCUT2D eigenvalue weighted by Crippen LogP contribution is -2.49. The van der Waals surface area contributed by atoms with Gasteiger partial charge in [0.25, 0.3) is 6.43 Å². The molecule has 1 atom stereocenters. The number of aryl methyl sites for hydroxylation is 1. The van der Waals surface area contributed by atoms with Gasteiger partial charge in [0, 0.05) is 6.54 Å². The molecule has 0 aliphatic carbocycles. The number of carbonyl (C=O) groups is 1. The van der Waals surface area contributed by atoms with E-state index in [0.717, 1.165) is 5.56 Å². The molecule has 0 aromatic heterocycles. The summed E-state index contributed by atoms with van der Waals surface area (Å²) >= 11 is 0. The van der Waals surface area contributed by atoms with E-state index in [-0.39, 0.29) is 5.56 Å². The largest absolute Gasteiger partial charge is 0.480 e. The molecular weight excluding hydrogens is 216 g/mol. The summed E-state index contributed by atoms with van der Waals surface area (Å²) in [5.74, 6) is -1.60. The van der Waals surface area contributed by atoms with E-state index in [1.54, 1.807) is 19.1 Å². The fourth-order valence-corrected chi connectivity index (χ4v) is 1.56. The van der Waals surface area contributed by atoms with Gasteiger partial charge in [0.05, 0.1) is 0 Å². The molecule has 1 rings (SSSR count). The van der Waals surface area contributed by atoms with Gasteiger partial charge in [-0.1, -0.05) is 29.8 Å². The molecule has 0 heterocycles. The summed E-state index contributed by atoms with van der Waals surface area (Å²) < 4.78 is 25.9. The number of carboxylic acid groups (broad SMARTS) is 1. The van der Waals surface area contributed by atoms with Crippen molar-refractivity contribution in [2.24, 2.45) is 5.73 Å². The number of hydrogen-bond acceptors (Lipinski definition) is 2. The summed E-state index contributed by atoms with van der Waals surface area (Å²) in [4.78, 5) is 11.0. The molecule has 0 bridgehead atoms. The van der Waals surface area contributed by atoms with Gasteiger partial charge in [0.2, 0.25) is 0 Å². The Morgan fingerprint density at radius 2 is 2.19 bits per heavy atom. The Morgan fingerprint density at radius 3 is 2.56 bits per heavy atom. The Labute approximate surface area is 91.9 Å². The van der Waals surface area contributed by atoms with Crippen molar-refractivity contribution in [3.63, 3.8) is 0 Å². The fraction of sp³-hybridized carbons (Fsp3) is 0.364. The van der Waals surface area contributed by atoms with Gasteiger partial charge in [-0.15, -0.1) is 0 Å². The van der Waals surface area contributed by atoms with E-state index >= 15 is 0 Å². The average Bonchev–Trinajstić information content (AvgIpc) is 2.18. The third-order valence-electron chi connectivity index (χ3n) is 2.61. The van der Waals surface area contributed by atoms with Crippen LogP contribution in [0.5, 0.6) is 0 Å². The molecule has 1 unspecified atom stereocenters. The number of benzene rings is 1. The Hall–Kier alpha value is -1.49. The molecule has 16 heavy (non-hydrogen) atoms. The first-order valence-electron chi connectivity index (χ1n) is 4.74. The predicted octanol–water partition coefficient (Wildman–Crippen LogP) is 1.54. The molecule has 0 fully saturated rings. The highest BCUT2D eigenvalue weighted by atomic mass is 19.3. The second kappa shape index (κ2) is 4.57. The molecule has 88 valence electrons. The van der Waals surface area contributed by atoms with Crippen LogP contribution in [-0.4, -0.2) is 24.0 Å². The van der Waals surface area contributed by atoms with Crippen molar-refractivity contribution in [2.45, 2.75) is 18.8 Å².